The van der Waals surface area contributed by atoms with Crippen molar-refractivity contribution in [3.05, 3.63) is 0 Å². The average Bonchev–Trinajstić information content (AvgIpc) is 2.24. The maximum absolute atomic E-state index is 2.29. The van der Waals surface area contributed by atoms with Gasteiger partial charge in [-0.25, -0.2) is 0 Å². The summed E-state index contributed by atoms with van der Waals surface area (Å²) in [6.07, 6.45) is 15.9. The first-order valence-corrected chi connectivity index (χ1v) is 7.86. The van der Waals surface area contributed by atoms with Crippen molar-refractivity contribution in [3.8, 4) is 0 Å². The van der Waals surface area contributed by atoms with Crippen molar-refractivity contribution in [1.29, 1.82) is 0 Å². The highest BCUT2D eigenvalue weighted by Gasteiger charge is 2.04. The molecule has 0 spiro atoms. The van der Waals surface area contributed by atoms with Crippen LogP contribution in [-0.4, -0.2) is 37.6 Å². The molecule has 0 aliphatic carbocycles. The monoisotopic (exact) mass is 295 g/mol. The SMILES string of the molecule is CCCCCCCCCCCCC[N+](C)(C)C.O.[Cl-]. The molecule has 0 amide bonds. The van der Waals surface area contributed by atoms with Crippen molar-refractivity contribution in [1.82, 2.24) is 0 Å². The minimum absolute atomic E-state index is 0. The first-order valence-electron chi connectivity index (χ1n) is 7.86. The third-order valence-corrected chi connectivity index (χ3v) is 3.43. The lowest BCUT2D eigenvalue weighted by Gasteiger charge is -2.23. The van der Waals surface area contributed by atoms with E-state index in [1.807, 2.05) is 0 Å². The molecule has 120 valence electrons. The molecule has 0 aromatic heterocycles. The van der Waals surface area contributed by atoms with Gasteiger partial charge in [0.25, 0.3) is 0 Å². The van der Waals surface area contributed by atoms with Gasteiger partial charge < -0.3 is 22.4 Å². The van der Waals surface area contributed by atoms with Gasteiger partial charge in [-0.05, 0) is 12.8 Å². The molecule has 0 aromatic carbocycles. The summed E-state index contributed by atoms with van der Waals surface area (Å²) in [6.45, 7) is 3.62. The number of hydrogen-bond donors (Lipinski definition) is 0. The van der Waals surface area contributed by atoms with Crippen LogP contribution in [-0.2, 0) is 0 Å². The predicted octanol–water partition coefficient (Wildman–Crippen LogP) is 1.18. The quantitative estimate of drug-likeness (QED) is 0.383. The summed E-state index contributed by atoms with van der Waals surface area (Å²) in [5.74, 6) is 0. The fourth-order valence-electron chi connectivity index (χ4n) is 2.25. The summed E-state index contributed by atoms with van der Waals surface area (Å²) >= 11 is 0. The molecular formula is C16H38ClNO. The zero-order chi connectivity index (χ0) is 13.0. The van der Waals surface area contributed by atoms with Crippen LogP contribution < -0.4 is 12.4 Å². The molecule has 0 aliphatic heterocycles. The summed E-state index contributed by atoms with van der Waals surface area (Å²) in [4.78, 5) is 0. The topological polar surface area (TPSA) is 31.5 Å². The van der Waals surface area contributed by atoms with Gasteiger partial charge in [0.2, 0.25) is 0 Å². The molecule has 0 atom stereocenters. The van der Waals surface area contributed by atoms with E-state index in [1.54, 1.807) is 0 Å². The Bertz CT molecular complexity index is 157. The minimum atomic E-state index is 0. The Balaban J connectivity index is -0.00000128. The van der Waals surface area contributed by atoms with Gasteiger partial charge in [-0.1, -0.05) is 64.7 Å². The van der Waals surface area contributed by atoms with Crippen LogP contribution in [0.15, 0.2) is 0 Å². The first-order chi connectivity index (χ1) is 8.06. The Hall–Kier alpha value is 0.210. The highest BCUT2D eigenvalue weighted by Crippen LogP contribution is 2.11. The van der Waals surface area contributed by atoms with Gasteiger partial charge in [0.05, 0.1) is 27.7 Å². The van der Waals surface area contributed by atoms with Gasteiger partial charge in [-0.2, -0.15) is 0 Å². The second-order valence-electron chi connectivity index (χ2n) is 6.55. The highest BCUT2D eigenvalue weighted by molar-refractivity contribution is 4.47. The zero-order valence-electron chi connectivity index (χ0n) is 13.8. The first kappa shape index (κ1) is 24.2. The lowest BCUT2D eigenvalue weighted by molar-refractivity contribution is -0.870. The molecule has 2 nitrogen and oxygen atoms in total. The van der Waals surface area contributed by atoms with Gasteiger partial charge >= 0.3 is 0 Å². The van der Waals surface area contributed by atoms with Gasteiger partial charge in [-0.3, -0.25) is 0 Å². The average molecular weight is 296 g/mol. The molecule has 19 heavy (non-hydrogen) atoms. The largest absolute Gasteiger partial charge is 1.00 e. The van der Waals surface area contributed by atoms with Crippen molar-refractivity contribution in [2.24, 2.45) is 0 Å². The fourth-order valence-corrected chi connectivity index (χ4v) is 2.25. The van der Waals surface area contributed by atoms with E-state index >= 15 is 0 Å². The van der Waals surface area contributed by atoms with E-state index in [2.05, 4.69) is 28.1 Å². The molecule has 0 saturated heterocycles. The molecule has 3 heteroatoms. The third-order valence-electron chi connectivity index (χ3n) is 3.43. The molecule has 0 aliphatic rings. The van der Waals surface area contributed by atoms with E-state index in [1.165, 1.54) is 77.2 Å². The van der Waals surface area contributed by atoms with Crippen LogP contribution in [0.2, 0.25) is 0 Å². The third kappa shape index (κ3) is 23.7. The van der Waals surface area contributed by atoms with Gasteiger partial charge in [0.15, 0.2) is 0 Å². The van der Waals surface area contributed by atoms with Crippen LogP contribution in [0.1, 0.15) is 77.6 Å². The Morgan fingerprint density at radius 2 is 0.895 bits per heavy atom. The van der Waals surface area contributed by atoms with Crippen molar-refractivity contribution in [2.45, 2.75) is 77.6 Å². The number of nitrogens with zero attached hydrogens (tertiary/aromatic N) is 1. The van der Waals surface area contributed by atoms with E-state index in [9.17, 15) is 0 Å². The van der Waals surface area contributed by atoms with E-state index in [-0.39, 0.29) is 17.9 Å². The standard InChI is InChI=1S/C16H36N.ClH.H2O/c1-5-6-7-8-9-10-11-12-13-14-15-16-17(2,3)4;;/h5-16H2,1-4H3;1H;1H2/q+1;;/p-1. The Kier molecular flexibility index (Phi) is 20.8. The summed E-state index contributed by atoms with van der Waals surface area (Å²) in [6, 6.07) is 0. The van der Waals surface area contributed by atoms with Crippen LogP contribution in [0.5, 0.6) is 0 Å². The molecule has 0 radical (unpaired) electrons. The molecule has 0 heterocycles. The number of rotatable bonds is 12. The molecule has 0 aromatic rings. The molecule has 2 N–H and O–H groups in total. The molecule has 0 bridgehead atoms. The van der Waals surface area contributed by atoms with Crippen LogP contribution in [0, 0.1) is 0 Å². The number of halogens is 1. The van der Waals surface area contributed by atoms with Gasteiger partial charge in [0, 0.05) is 0 Å². The zero-order valence-corrected chi connectivity index (χ0v) is 14.6. The fraction of sp³-hybridized carbons (Fsp3) is 1.00. The minimum Gasteiger partial charge on any atom is -1.00 e. The van der Waals surface area contributed by atoms with Crippen molar-refractivity contribution in [2.75, 3.05) is 27.7 Å². The van der Waals surface area contributed by atoms with Gasteiger partial charge in [-0.15, -0.1) is 0 Å². The summed E-state index contributed by atoms with van der Waals surface area (Å²) < 4.78 is 1.12. The summed E-state index contributed by atoms with van der Waals surface area (Å²) in [5, 5.41) is 0. The van der Waals surface area contributed by atoms with Crippen LogP contribution >= 0.6 is 0 Å². The normalized spacial score (nSPS) is 10.7. The van der Waals surface area contributed by atoms with Crippen LogP contribution in [0.25, 0.3) is 0 Å². The molecule has 0 fully saturated rings. The second-order valence-corrected chi connectivity index (χ2v) is 6.55. The highest BCUT2D eigenvalue weighted by atomic mass is 35.5. The smallest absolute Gasteiger partial charge is 0.0780 e. The maximum atomic E-state index is 2.29. The summed E-state index contributed by atoms with van der Waals surface area (Å²) in [7, 11) is 6.86. The number of quaternary nitrogens is 1. The predicted molar refractivity (Wildman–Crippen MR) is 83.0 cm³/mol. The molecule has 0 rings (SSSR count). The van der Waals surface area contributed by atoms with E-state index in [0.29, 0.717) is 0 Å². The summed E-state index contributed by atoms with van der Waals surface area (Å²) in [5.41, 5.74) is 0. The number of unbranched alkanes of at least 4 members (excludes halogenated alkanes) is 10. The Morgan fingerprint density at radius 1 is 0.579 bits per heavy atom. The van der Waals surface area contributed by atoms with Crippen LogP contribution in [0.3, 0.4) is 0 Å². The second kappa shape index (κ2) is 16.3. The van der Waals surface area contributed by atoms with E-state index in [4.69, 9.17) is 0 Å². The van der Waals surface area contributed by atoms with E-state index < -0.39 is 0 Å². The maximum Gasteiger partial charge on any atom is 0.0780 e. The van der Waals surface area contributed by atoms with Crippen molar-refractivity contribution in [3.63, 3.8) is 0 Å². The molecule has 0 unspecified atom stereocenters. The molecule has 0 saturated carbocycles. The molecular weight excluding hydrogens is 258 g/mol. The lowest BCUT2D eigenvalue weighted by Crippen LogP contribution is -3.00. The Morgan fingerprint density at radius 3 is 1.21 bits per heavy atom. The van der Waals surface area contributed by atoms with Gasteiger partial charge in [0.1, 0.15) is 0 Å². The van der Waals surface area contributed by atoms with Crippen LogP contribution in [0.4, 0.5) is 0 Å². The lowest BCUT2D eigenvalue weighted by atomic mass is 10.1. The van der Waals surface area contributed by atoms with Crippen molar-refractivity contribution >= 4 is 0 Å². The number of hydrogen-bond acceptors (Lipinski definition) is 0. The Labute approximate surface area is 128 Å². The van der Waals surface area contributed by atoms with E-state index in [0.717, 1.165) is 4.48 Å². The van der Waals surface area contributed by atoms with Crippen molar-refractivity contribution < 1.29 is 22.4 Å².